The van der Waals surface area contributed by atoms with Gasteiger partial charge >= 0.3 is 0 Å². The smallest absolute Gasteiger partial charge is 0.147 e. The molecule has 0 aliphatic heterocycles. The highest BCUT2D eigenvalue weighted by Gasteiger charge is 2.15. The van der Waals surface area contributed by atoms with Crippen LogP contribution in [0, 0.1) is 5.82 Å². The van der Waals surface area contributed by atoms with E-state index in [0.717, 1.165) is 5.75 Å². The van der Waals surface area contributed by atoms with Gasteiger partial charge in [0.25, 0.3) is 0 Å². The molecule has 0 aliphatic carbocycles. The Balaban J connectivity index is 2.90. The Morgan fingerprint density at radius 1 is 1.60 bits per heavy atom. The maximum atomic E-state index is 13.7. The molecule has 0 spiro atoms. The summed E-state index contributed by atoms with van der Waals surface area (Å²) < 4.78 is 14.2. The molecule has 0 fully saturated rings. The molecule has 84 valence electrons. The van der Waals surface area contributed by atoms with E-state index in [1.807, 2.05) is 6.92 Å². The lowest BCUT2D eigenvalue weighted by atomic mass is 10.1. The fraction of sp³-hybridized carbons (Fsp3) is 0.400. The van der Waals surface area contributed by atoms with Crippen molar-refractivity contribution < 1.29 is 4.39 Å². The lowest BCUT2D eigenvalue weighted by molar-refractivity contribution is 0.595. The normalized spacial score (nSPS) is 12.9. The molecule has 1 aromatic carbocycles. The van der Waals surface area contributed by atoms with Gasteiger partial charge in [-0.2, -0.15) is 11.8 Å². The summed E-state index contributed by atoms with van der Waals surface area (Å²) in [5, 5.41) is 0.101. The number of benzene rings is 1. The van der Waals surface area contributed by atoms with Gasteiger partial charge in [-0.05, 0) is 27.7 Å². The van der Waals surface area contributed by atoms with Crippen molar-refractivity contribution in [3.63, 3.8) is 0 Å². The summed E-state index contributed by atoms with van der Waals surface area (Å²) in [5.74, 6) is 1.25. The second kappa shape index (κ2) is 6.09. The van der Waals surface area contributed by atoms with Gasteiger partial charge in [0.2, 0.25) is 0 Å². The fourth-order valence-electron chi connectivity index (χ4n) is 1.16. The van der Waals surface area contributed by atoms with Crippen molar-refractivity contribution in [3.8, 4) is 0 Å². The highest BCUT2D eigenvalue weighted by Crippen LogP contribution is 2.30. The molecule has 0 aliphatic rings. The van der Waals surface area contributed by atoms with Crippen molar-refractivity contribution in [3.05, 3.63) is 33.0 Å². The Morgan fingerprint density at radius 3 is 2.87 bits per heavy atom. The van der Waals surface area contributed by atoms with Gasteiger partial charge in [-0.25, -0.2) is 4.39 Å². The van der Waals surface area contributed by atoms with Crippen molar-refractivity contribution in [2.45, 2.75) is 13.0 Å². The second-order valence-electron chi connectivity index (χ2n) is 3.03. The van der Waals surface area contributed by atoms with Crippen LogP contribution in [-0.2, 0) is 0 Å². The molecule has 0 radical (unpaired) electrons. The van der Waals surface area contributed by atoms with Crippen LogP contribution in [0.2, 0.25) is 5.02 Å². The zero-order valence-electron chi connectivity index (χ0n) is 8.27. The minimum Gasteiger partial charge on any atom is -0.323 e. The SMILES string of the molecule is CCSCC(N)c1ccc(Br)c(Cl)c1F. The fourth-order valence-corrected chi connectivity index (χ4v) is 2.31. The third-order valence-electron chi connectivity index (χ3n) is 1.97. The average Bonchev–Trinajstić information content (AvgIpc) is 2.23. The van der Waals surface area contributed by atoms with E-state index in [0.29, 0.717) is 15.8 Å². The zero-order valence-corrected chi connectivity index (χ0v) is 11.4. The minimum absolute atomic E-state index is 0.101. The molecule has 1 nitrogen and oxygen atoms in total. The molecule has 15 heavy (non-hydrogen) atoms. The average molecular weight is 313 g/mol. The molecule has 0 amide bonds. The number of hydrogen-bond acceptors (Lipinski definition) is 2. The molecule has 1 aromatic rings. The highest BCUT2D eigenvalue weighted by molar-refractivity contribution is 9.10. The van der Waals surface area contributed by atoms with E-state index in [2.05, 4.69) is 15.9 Å². The van der Waals surface area contributed by atoms with Crippen molar-refractivity contribution in [1.29, 1.82) is 0 Å². The Kier molecular flexibility index (Phi) is 5.39. The summed E-state index contributed by atoms with van der Waals surface area (Å²) >= 11 is 10.6. The van der Waals surface area contributed by atoms with E-state index < -0.39 is 5.82 Å². The summed E-state index contributed by atoms with van der Waals surface area (Å²) in [6.07, 6.45) is 0. The molecule has 0 aromatic heterocycles. The quantitative estimate of drug-likeness (QED) is 0.851. The van der Waals surface area contributed by atoms with Crippen LogP contribution in [0.3, 0.4) is 0 Å². The van der Waals surface area contributed by atoms with Crippen LogP contribution in [0.25, 0.3) is 0 Å². The van der Waals surface area contributed by atoms with Gasteiger partial charge in [0.15, 0.2) is 0 Å². The maximum Gasteiger partial charge on any atom is 0.147 e. The summed E-state index contributed by atoms with van der Waals surface area (Å²) in [7, 11) is 0. The largest absolute Gasteiger partial charge is 0.323 e. The van der Waals surface area contributed by atoms with E-state index in [-0.39, 0.29) is 11.1 Å². The third kappa shape index (κ3) is 3.34. The standard InChI is InChI=1S/C10H12BrClFNS/c1-2-15-5-8(14)6-3-4-7(11)9(12)10(6)13/h3-4,8H,2,5,14H2,1H3. The van der Waals surface area contributed by atoms with Gasteiger partial charge in [0.1, 0.15) is 5.82 Å². The van der Waals surface area contributed by atoms with Gasteiger partial charge in [0, 0.05) is 21.8 Å². The van der Waals surface area contributed by atoms with E-state index in [1.165, 1.54) is 0 Å². The summed E-state index contributed by atoms with van der Waals surface area (Å²) in [6.45, 7) is 2.04. The van der Waals surface area contributed by atoms with Crippen molar-refractivity contribution in [2.75, 3.05) is 11.5 Å². The number of halogens is 3. The van der Waals surface area contributed by atoms with Crippen LogP contribution in [0.1, 0.15) is 18.5 Å². The Bertz CT molecular complexity index is 348. The molecule has 2 N–H and O–H groups in total. The van der Waals surface area contributed by atoms with Crippen LogP contribution in [0.4, 0.5) is 4.39 Å². The topological polar surface area (TPSA) is 26.0 Å². The Hall–Kier alpha value is 0.230. The van der Waals surface area contributed by atoms with Gasteiger partial charge in [-0.1, -0.05) is 24.6 Å². The van der Waals surface area contributed by atoms with Gasteiger partial charge in [-0.3, -0.25) is 0 Å². The van der Waals surface area contributed by atoms with Crippen LogP contribution in [-0.4, -0.2) is 11.5 Å². The number of rotatable bonds is 4. The Morgan fingerprint density at radius 2 is 2.27 bits per heavy atom. The van der Waals surface area contributed by atoms with E-state index in [9.17, 15) is 4.39 Å². The first-order chi connectivity index (χ1) is 7.07. The van der Waals surface area contributed by atoms with E-state index in [4.69, 9.17) is 17.3 Å². The second-order valence-corrected chi connectivity index (χ2v) is 5.58. The zero-order chi connectivity index (χ0) is 11.4. The number of thioether (sulfide) groups is 1. The lowest BCUT2D eigenvalue weighted by Crippen LogP contribution is -2.15. The van der Waals surface area contributed by atoms with Crippen LogP contribution >= 0.6 is 39.3 Å². The minimum atomic E-state index is -0.421. The summed E-state index contributed by atoms with van der Waals surface area (Å²) in [5.41, 5.74) is 6.34. The van der Waals surface area contributed by atoms with Crippen molar-refractivity contribution in [2.24, 2.45) is 5.73 Å². The number of hydrogen-bond donors (Lipinski definition) is 1. The van der Waals surface area contributed by atoms with Crippen LogP contribution in [0.15, 0.2) is 16.6 Å². The van der Waals surface area contributed by atoms with Crippen LogP contribution < -0.4 is 5.73 Å². The molecule has 1 unspecified atom stereocenters. The maximum absolute atomic E-state index is 13.7. The number of nitrogens with two attached hydrogens (primary N) is 1. The first-order valence-corrected chi connectivity index (χ1v) is 6.87. The summed E-state index contributed by atoms with van der Waals surface area (Å²) in [6, 6.07) is 3.09. The molecular formula is C10H12BrClFNS. The lowest BCUT2D eigenvalue weighted by Gasteiger charge is -2.13. The molecule has 5 heteroatoms. The predicted octanol–water partition coefficient (Wildman–Crippen LogP) is 3.99. The first kappa shape index (κ1) is 13.3. The molecular weight excluding hydrogens is 301 g/mol. The van der Waals surface area contributed by atoms with E-state index >= 15 is 0 Å². The molecule has 0 bridgehead atoms. The third-order valence-corrected chi connectivity index (χ3v) is 4.23. The predicted molar refractivity (Wildman–Crippen MR) is 69.0 cm³/mol. The molecule has 1 atom stereocenters. The molecule has 1 rings (SSSR count). The van der Waals surface area contributed by atoms with E-state index in [1.54, 1.807) is 23.9 Å². The molecule has 0 saturated carbocycles. The van der Waals surface area contributed by atoms with Crippen molar-refractivity contribution >= 4 is 39.3 Å². The van der Waals surface area contributed by atoms with Crippen molar-refractivity contribution in [1.82, 2.24) is 0 Å². The molecule has 0 saturated heterocycles. The Labute approximate surface area is 107 Å². The molecule has 0 heterocycles. The summed E-state index contributed by atoms with van der Waals surface area (Å²) in [4.78, 5) is 0. The highest BCUT2D eigenvalue weighted by atomic mass is 79.9. The monoisotopic (exact) mass is 311 g/mol. The van der Waals surface area contributed by atoms with Gasteiger partial charge < -0.3 is 5.73 Å². The van der Waals surface area contributed by atoms with Gasteiger partial charge in [0.05, 0.1) is 5.02 Å². The first-order valence-electron chi connectivity index (χ1n) is 4.54. The van der Waals surface area contributed by atoms with Crippen LogP contribution in [0.5, 0.6) is 0 Å². The van der Waals surface area contributed by atoms with Gasteiger partial charge in [-0.15, -0.1) is 0 Å².